The number of hydrogen-bond acceptors (Lipinski definition) is 3. The molecular formula is C16H32N2O. The molecule has 0 bridgehead atoms. The van der Waals surface area contributed by atoms with E-state index >= 15 is 0 Å². The summed E-state index contributed by atoms with van der Waals surface area (Å²) in [6, 6.07) is 0.278. The van der Waals surface area contributed by atoms with Gasteiger partial charge in [-0.25, -0.2) is 0 Å². The highest BCUT2D eigenvalue weighted by Crippen LogP contribution is 2.38. The Hall–Kier alpha value is -0.120. The minimum atomic E-state index is 0.0920. The Morgan fingerprint density at radius 3 is 2.32 bits per heavy atom. The highest BCUT2D eigenvalue weighted by Gasteiger charge is 2.40. The summed E-state index contributed by atoms with van der Waals surface area (Å²) >= 11 is 0. The van der Waals surface area contributed by atoms with Gasteiger partial charge in [-0.1, -0.05) is 20.3 Å². The van der Waals surface area contributed by atoms with E-state index in [0.29, 0.717) is 5.92 Å². The van der Waals surface area contributed by atoms with E-state index in [2.05, 4.69) is 32.6 Å². The Bertz CT molecular complexity index is 286. The van der Waals surface area contributed by atoms with Crippen LogP contribution in [0.4, 0.5) is 0 Å². The molecule has 0 spiro atoms. The van der Waals surface area contributed by atoms with Gasteiger partial charge in [0.15, 0.2) is 0 Å². The van der Waals surface area contributed by atoms with Crippen LogP contribution in [-0.4, -0.2) is 42.8 Å². The molecule has 1 aliphatic heterocycles. The molecule has 0 aromatic rings. The molecule has 0 amide bonds. The van der Waals surface area contributed by atoms with Crippen LogP contribution in [0.25, 0.3) is 0 Å². The lowest BCUT2D eigenvalue weighted by Crippen LogP contribution is -2.61. The Kier molecular flexibility index (Phi) is 4.91. The highest BCUT2D eigenvalue weighted by atomic mass is 16.5. The van der Waals surface area contributed by atoms with E-state index in [1.165, 1.54) is 19.3 Å². The summed E-state index contributed by atoms with van der Waals surface area (Å²) in [6.07, 6.45) is 3.95. The van der Waals surface area contributed by atoms with Gasteiger partial charge >= 0.3 is 0 Å². The van der Waals surface area contributed by atoms with E-state index in [0.717, 1.165) is 38.1 Å². The maximum absolute atomic E-state index is 6.68. The van der Waals surface area contributed by atoms with E-state index < -0.39 is 0 Å². The molecule has 0 aromatic carbocycles. The van der Waals surface area contributed by atoms with Crippen LogP contribution in [0.2, 0.25) is 0 Å². The Balaban J connectivity index is 1.98. The molecule has 4 atom stereocenters. The molecule has 2 aliphatic rings. The van der Waals surface area contributed by atoms with Crippen molar-refractivity contribution in [2.75, 3.05) is 26.3 Å². The van der Waals surface area contributed by atoms with Gasteiger partial charge in [0.25, 0.3) is 0 Å². The standard InChI is InChI=1S/C16H32N2O/c1-12-5-6-14(11-13(12)2)15(17)16(3,4)18-7-9-19-10-8-18/h12-15H,5-11,17H2,1-4H3. The molecule has 0 radical (unpaired) electrons. The van der Waals surface area contributed by atoms with Gasteiger partial charge in [-0.15, -0.1) is 0 Å². The minimum absolute atomic E-state index is 0.0920. The summed E-state index contributed by atoms with van der Waals surface area (Å²) in [5.41, 5.74) is 6.77. The Morgan fingerprint density at radius 1 is 1.11 bits per heavy atom. The van der Waals surface area contributed by atoms with Gasteiger partial charge in [0.05, 0.1) is 13.2 Å². The molecule has 1 aliphatic carbocycles. The fourth-order valence-corrected chi connectivity index (χ4v) is 3.84. The van der Waals surface area contributed by atoms with Crippen molar-refractivity contribution in [1.82, 2.24) is 4.90 Å². The van der Waals surface area contributed by atoms with E-state index in [4.69, 9.17) is 10.5 Å². The first kappa shape index (κ1) is 15.3. The molecule has 19 heavy (non-hydrogen) atoms. The fraction of sp³-hybridized carbons (Fsp3) is 1.00. The molecule has 0 aromatic heterocycles. The zero-order valence-electron chi connectivity index (χ0n) is 13.2. The molecule has 112 valence electrons. The third-order valence-corrected chi connectivity index (χ3v) is 5.79. The van der Waals surface area contributed by atoms with Crippen molar-refractivity contribution in [1.29, 1.82) is 0 Å². The number of ether oxygens (including phenoxy) is 1. The van der Waals surface area contributed by atoms with Crippen LogP contribution in [-0.2, 0) is 4.74 Å². The molecule has 1 heterocycles. The molecule has 2 rings (SSSR count). The molecule has 1 saturated carbocycles. The van der Waals surface area contributed by atoms with E-state index in [1.54, 1.807) is 0 Å². The number of nitrogens with zero attached hydrogens (tertiary/aromatic N) is 1. The smallest absolute Gasteiger partial charge is 0.0594 e. The molecule has 4 unspecified atom stereocenters. The summed E-state index contributed by atoms with van der Waals surface area (Å²) < 4.78 is 5.47. The van der Waals surface area contributed by atoms with E-state index in [-0.39, 0.29) is 11.6 Å². The quantitative estimate of drug-likeness (QED) is 0.854. The van der Waals surface area contributed by atoms with Crippen molar-refractivity contribution in [3.05, 3.63) is 0 Å². The third kappa shape index (κ3) is 3.32. The van der Waals surface area contributed by atoms with Gasteiger partial charge in [0.1, 0.15) is 0 Å². The average molecular weight is 268 g/mol. The summed E-state index contributed by atoms with van der Waals surface area (Å²) in [7, 11) is 0. The average Bonchev–Trinajstić information content (AvgIpc) is 2.42. The van der Waals surface area contributed by atoms with Gasteiger partial charge < -0.3 is 10.5 Å². The van der Waals surface area contributed by atoms with Crippen LogP contribution >= 0.6 is 0 Å². The molecular weight excluding hydrogens is 236 g/mol. The van der Waals surface area contributed by atoms with Crippen LogP contribution in [0.1, 0.15) is 47.0 Å². The van der Waals surface area contributed by atoms with Crippen LogP contribution in [0, 0.1) is 17.8 Å². The Labute approximate surface area is 118 Å². The van der Waals surface area contributed by atoms with Crippen molar-refractivity contribution in [3.63, 3.8) is 0 Å². The summed E-state index contributed by atoms with van der Waals surface area (Å²) in [6.45, 7) is 13.2. The van der Waals surface area contributed by atoms with Gasteiger partial charge in [-0.05, 0) is 44.4 Å². The van der Waals surface area contributed by atoms with Crippen molar-refractivity contribution >= 4 is 0 Å². The van der Waals surface area contributed by atoms with E-state index in [1.807, 2.05) is 0 Å². The van der Waals surface area contributed by atoms with Gasteiger partial charge in [0.2, 0.25) is 0 Å². The van der Waals surface area contributed by atoms with Crippen molar-refractivity contribution in [2.24, 2.45) is 23.5 Å². The number of rotatable bonds is 3. The lowest BCUT2D eigenvalue weighted by Gasteiger charge is -2.48. The SMILES string of the molecule is CC1CCC(C(N)C(C)(C)N2CCOCC2)CC1C. The first-order valence-electron chi connectivity index (χ1n) is 8.01. The third-order valence-electron chi connectivity index (χ3n) is 5.79. The number of hydrogen-bond donors (Lipinski definition) is 1. The molecule has 3 heteroatoms. The normalized spacial score (nSPS) is 36.2. The second-order valence-corrected chi connectivity index (χ2v) is 7.31. The highest BCUT2D eigenvalue weighted by molar-refractivity contribution is 4.97. The first-order chi connectivity index (χ1) is 8.93. The topological polar surface area (TPSA) is 38.5 Å². The zero-order valence-corrected chi connectivity index (χ0v) is 13.2. The first-order valence-corrected chi connectivity index (χ1v) is 8.01. The van der Waals surface area contributed by atoms with Crippen LogP contribution in [0.3, 0.4) is 0 Å². The number of nitrogens with two attached hydrogens (primary N) is 1. The fourth-order valence-electron chi connectivity index (χ4n) is 3.84. The predicted octanol–water partition coefficient (Wildman–Crippen LogP) is 2.50. The van der Waals surface area contributed by atoms with Crippen LogP contribution < -0.4 is 5.73 Å². The lowest BCUT2D eigenvalue weighted by molar-refractivity contribution is -0.0306. The van der Waals surface area contributed by atoms with E-state index in [9.17, 15) is 0 Å². The summed E-state index contributed by atoms with van der Waals surface area (Å²) in [5, 5.41) is 0. The minimum Gasteiger partial charge on any atom is -0.379 e. The monoisotopic (exact) mass is 268 g/mol. The molecule has 2 fully saturated rings. The van der Waals surface area contributed by atoms with Crippen molar-refractivity contribution in [3.8, 4) is 0 Å². The predicted molar refractivity (Wildman–Crippen MR) is 80.1 cm³/mol. The summed E-state index contributed by atoms with van der Waals surface area (Å²) in [4.78, 5) is 2.53. The van der Waals surface area contributed by atoms with Gasteiger partial charge in [-0.2, -0.15) is 0 Å². The van der Waals surface area contributed by atoms with Crippen molar-refractivity contribution in [2.45, 2.75) is 58.5 Å². The molecule has 3 nitrogen and oxygen atoms in total. The maximum Gasteiger partial charge on any atom is 0.0594 e. The van der Waals surface area contributed by atoms with Gasteiger partial charge in [0, 0.05) is 24.7 Å². The Morgan fingerprint density at radius 2 is 1.74 bits per heavy atom. The second-order valence-electron chi connectivity index (χ2n) is 7.31. The van der Waals surface area contributed by atoms with Crippen molar-refractivity contribution < 1.29 is 4.74 Å². The summed E-state index contributed by atoms with van der Waals surface area (Å²) in [5.74, 6) is 2.38. The van der Waals surface area contributed by atoms with Crippen LogP contribution in [0.5, 0.6) is 0 Å². The molecule has 1 saturated heterocycles. The largest absolute Gasteiger partial charge is 0.379 e. The maximum atomic E-state index is 6.68. The zero-order chi connectivity index (χ0) is 14.0. The lowest BCUT2D eigenvalue weighted by atomic mass is 9.69. The van der Waals surface area contributed by atoms with Crippen LogP contribution in [0.15, 0.2) is 0 Å². The molecule has 2 N–H and O–H groups in total. The second kappa shape index (κ2) is 6.11. The number of morpholine rings is 1. The van der Waals surface area contributed by atoms with Gasteiger partial charge in [-0.3, -0.25) is 4.90 Å².